The first-order valence-electron chi connectivity index (χ1n) is 6.31. The number of Topliss-reactive ketones (excluding diaryl/α,β-unsaturated/α-hetero) is 1. The summed E-state index contributed by atoms with van der Waals surface area (Å²) in [6.45, 7) is 2.32. The number of carbonyl (C=O) groups excluding carboxylic acids is 1. The lowest BCUT2D eigenvalue weighted by Crippen LogP contribution is -2.08. The van der Waals surface area contributed by atoms with Crippen molar-refractivity contribution in [3.05, 3.63) is 65.0 Å². The molecule has 0 bridgehead atoms. The molecule has 3 heteroatoms. The number of fused-ring (bicyclic) bond motifs is 1. The zero-order valence-electron chi connectivity index (χ0n) is 10.8. The Morgan fingerprint density at radius 1 is 1.26 bits per heavy atom. The van der Waals surface area contributed by atoms with Crippen LogP contribution in [0.4, 0.5) is 0 Å². The first kappa shape index (κ1) is 11.8. The molecule has 2 aromatic rings. The molecular formula is C16H14N2O. The van der Waals surface area contributed by atoms with Crippen LogP contribution in [0.1, 0.15) is 34.0 Å². The van der Waals surface area contributed by atoms with Crippen LogP contribution in [0.5, 0.6) is 0 Å². The maximum Gasteiger partial charge on any atom is 0.160 e. The van der Waals surface area contributed by atoms with Crippen LogP contribution in [0, 0.1) is 0 Å². The predicted octanol–water partition coefficient (Wildman–Crippen LogP) is 2.83. The molecule has 0 atom stereocenters. The third kappa shape index (κ3) is 2.19. The Hall–Kier alpha value is -2.29. The summed E-state index contributed by atoms with van der Waals surface area (Å²) < 4.78 is 0. The van der Waals surface area contributed by atoms with E-state index in [-0.39, 0.29) is 5.78 Å². The molecule has 0 saturated heterocycles. The Morgan fingerprint density at radius 2 is 2.11 bits per heavy atom. The molecule has 0 radical (unpaired) electrons. The van der Waals surface area contributed by atoms with Crippen molar-refractivity contribution in [3.63, 3.8) is 0 Å². The number of aromatic nitrogens is 1. The Labute approximate surface area is 112 Å². The van der Waals surface area contributed by atoms with E-state index in [0.29, 0.717) is 6.42 Å². The van der Waals surface area contributed by atoms with Crippen molar-refractivity contribution in [1.29, 1.82) is 0 Å². The van der Waals surface area contributed by atoms with Gasteiger partial charge in [0.1, 0.15) is 0 Å². The summed E-state index contributed by atoms with van der Waals surface area (Å²) in [5, 5.41) is 0. The number of carbonyl (C=O) groups is 1. The van der Waals surface area contributed by atoms with E-state index < -0.39 is 0 Å². The van der Waals surface area contributed by atoms with Gasteiger partial charge in [0.15, 0.2) is 5.78 Å². The molecule has 0 unspecified atom stereocenters. The first-order valence-corrected chi connectivity index (χ1v) is 6.31. The fraction of sp³-hybridized carbons (Fsp3) is 0.188. The highest BCUT2D eigenvalue weighted by molar-refractivity contribution is 6.06. The van der Waals surface area contributed by atoms with E-state index in [4.69, 9.17) is 0 Å². The lowest BCUT2D eigenvalue weighted by molar-refractivity contribution is 0.101. The highest BCUT2D eigenvalue weighted by Gasteiger charge is 2.17. The summed E-state index contributed by atoms with van der Waals surface area (Å²) in [6.07, 6.45) is 4.09. The Bertz CT molecular complexity index is 674. The maximum absolute atomic E-state index is 11.6. The molecule has 1 aliphatic rings. The number of aliphatic imine (C=N–C) groups is 1. The van der Waals surface area contributed by atoms with E-state index in [1.54, 1.807) is 25.4 Å². The number of ketones is 1. The van der Waals surface area contributed by atoms with Gasteiger partial charge in [-0.15, -0.1) is 0 Å². The molecule has 1 aromatic carbocycles. The molecule has 0 saturated carbocycles. The van der Waals surface area contributed by atoms with Gasteiger partial charge >= 0.3 is 0 Å². The normalized spacial score (nSPS) is 13.0. The minimum Gasteiger partial charge on any atom is -0.294 e. The van der Waals surface area contributed by atoms with Crippen LogP contribution in [0.25, 0.3) is 0 Å². The number of pyridine rings is 1. The predicted molar refractivity (Wildman–Crippen MR) is 74.6 cm³/mol. The highest BCUT2D eigenvalue weighted by atomic mass is 16.1. The average molecular weight is 250 g/mol. The highest BCUT2D eigenvalue weighted by Crippen LogP contribution is 2.21. The molecular weight excluding hydrogens is 236 g/mol. The van der Waals surface area contributed by atoms with Gasteiger partial charge in [0.2, 0.25) is 0 Å². The van der Waals surface area contributed by atoms with Gasteiger partial charge in [-0.3, -0.25) is 14.8 Å². The number of nitrogens with zero attached hydrogens (tertiary/aromatic N) is 2. The molecule has 0 N–H and O–H groups in total. The SMILES string of the molecule is CC(=O)c1ccncc1CC1=NCc2ccccc21. The van der Waals surface area contributed by atoms with Crippen LogP contribution in [0.15, 0.2) is 47.7 Å². The summed E-state index contributed by atoms with van der Waals surface area (Å²) in [7, 11) is 0. The summed E-state index contributed by atoms with van der Waals surface area (Å²) in [5.41, 5.74) is 5.19. The van der Waals surface area contributed by atoms with Crippen molar-refractivity contribution in [1.82, 2.24) is 4.98 Å². The molecule has 0 aliphatic carbocycles. The summed E-state index contributed by atoms with van der Waals surface area (Å²) in [4.78, 5) is 20.3. The number of hydrogen-bond donors (Lipinski definition) is 0. The summed E-state index contributed by atoms with van der Waals surface area (Å²) in [6, 6.07) is 10.0. The second kappa shape index (κ2) is 4.76. The molecule has 0 spiro atoms. The minimum atomic E-state index is 0.0734. The smallest absolute Gasteiger partial charge is 0.160 e. The van der Waals surface area contributed by atoms with Crippen LogP contribution < -0.4 is 0 Å². The minimum absolute atomic E-state index is 0.0734. The monoisotopic (exact) mass is 250 g/mol. The Kier molecular flexibility index (Phi) is 2.95. The number of hydrogen-bond acceptors (Lipinski definition) is 3. The van der Waals surface area contributed by atoms with Gasteiger partial charge in [-0.2, -0.15) is 0 Å². The van der Waals surface area contributed by atoms with E-state index >= 15 is 0 Å². The first-order chi connectivity index (χ1) is 9.25. The van der Waals surface area contributed by atoms with E-state index in [1.807, 2.05) is 12.1 Å². The second-order valence-electron chi connectivity index (χ2n) is 4.69. The van der Waals surface area contributed by atoms with Crippen LogP contribution in [-0.4, -0.2) is 16.5 Å². The van der Waals surface area contributed by atoms with E-state index in [0.717, 1.165) is 23.4 Å². The lowest BCUT2D eigenvalue weighted by atomic mass is 9.97. The third-order valence-electron chi connectivity index (χ3n) is 3.41. The average Bonchev–Trinajstić information content (AvgIpc) is 2.83. The van der Waals surface area contributed by atoms with Crippen LogP contribution in [-0.2, 0) is 13.0 Å². The van der Waals surface area contributed by atoms with E-state index in [9.17, 15) is 4.79 Å². The third-order valence-corrected chi connectivity index (χ3v) is 3.41. The van der Waals surface area contributed by atoms with Gasteiger partial charge in [-0.1, -0.05) is 24.3 Å². The van der Waals surface area contributed by atoms with Gasteiger partial charge in [-0.05, 0) is 24.1 Å². The van der Waals surface area contributed by atoms with Gasteiger partial charge in [-0.25, -0.2) is 0 Å². The van der Waals surface area contributed by atoms with Crippen molar-refractivity contribution < 1.29 is 4.79 Å². The molecule has 1 aromatic heterocycles. The largest absolute Gasteiger partial charge is 0.294 e. The van der Waals surface area contributed by atoms with Gasteiger partial charge in [0, 0.05) is 35.7 Å². The van der Waals surface area contributed by atoms with Crippen molar-refractivity contribution >= 4 is 11.5 Å². The number of rotatable bonds is 3. The van der Waals surface area contributed by atoms with E-state index in [2.05, 4.69) is 22.1 Å². The molecule has 0 amide bonds. The van der Waals surface area contributed by atoms with Gasteiger partial charge in [0.25, 0.3) is 0 Å². The molecule has 94 valence electrons. The van der Waals surface area contributed by atoms with Crippen molar-refractivity contribution in [2.24, 2.45) is 4.99 Å². The van der Waals surface area contributed by atoms with Crippen molar-refractivity contribution in [2.45, 2.75) is 19.9 Å². The molecule has 0 fully saturated rings. The molecule has 3 rings (SSSR count). The van der Waals surface area contributed by atoms with Gasteiger partial charge in [0.05, 0.1) is 6.54 Å². The number of benzene rings is 1. The second-order valence-corrected chi connectivity index (χ2v) is 4.69. The zero-order chi connectivity index (χ0) is 13.2. The topological polar surface area (TPSA) is 42.3 Å². The Balaban J connectivity index is 1.94. The molecule has 3 nitrogen and oxygen atoms in total. The van der Waals surface area contributed by atoms with Crippen LogP contribution >= 0.6 is 0 Å². The molecule has 19 heavy (non-hydrogen) atoms. The maximum atomic E-state index is 11.6. The van der Waals surface area contributed by atoms with E-state index in [1.165, 1.54) is 11.1 Å². The quantitative estimate of drug-likeness (QED) is 0.786. The zero-order valence-corrected chi connectivity index (χ0v) is 10.8. The molecule has 2 heterocycles. The fourth-order valence-corrected chi connectivity index (χ4v) is 2.45. The van der Waals surface area contributed by atoms with Crippen LogP contribution in [0.3, 0.4) is 0 Å². The summed E-state index contributed by atoms with van der Waals surface area (Å²) >= 11 is 0. The van der Waals surface area contributed by atoms with Crippen molar-refractivity contribution in [2.75, 3.05) is 0 Å². The Morgan fingerprint density at radius 3 is 2.95 bits per heavy atom. The van der Waals surface area contributed by atoms with Crippen molar-refractivity contribution in [3.8, 4) is 0 Å². The van der Waals surface area contributed by atoms with Gasteiger partial charge < -0.3 is 0 Å². The van der Waals surface area contributed by atoms with Crippen LogP contribution in [0.2, 0.25) is 0 Å². The molecule has 1 aliphatic heterocycles. The lowest BCUT2D eigenvalue weighted by Gasteiger charge is -2.07. The summed E-state index contributed by atoms with van der Waals surface area (Å²) in [5.74, 6) is 0.0734. The fourth-order valence-electron chi connectivity index (χ4n) is 2.45. The standard InChI is InChI=1S/C16H14N2O/c1-11(19)14-6-7-17-9-13(14)8-16-15-5-3-2-4-12(15)10-18-16/h2-7,9H,8,10H2,1H3.